The van der Waals surface area contributed by atoms with Crippen molar-refractivity contribution in [2.45, 2.75) is 38.3 Å². The van der Waals surface area contributed by atoms with Crippen LogP contribution in [0.3, 0.4) is 0 Å². The number of methoxy groups -OCH3 is 1. The molecule has 0 bridgehead atoms. The molecule has 1 rings (SSSR count). The van der Waals surface area contributed by atoms with E-state index in [-0.39, 0.29) is 11.6 Å². The molecule has 0 aliphatic heterocycles. The Labute approximate surface area is 103 Å². The standard InChI is InChI=1S/C13H20ClNO/c1-4-13(5-2,16-3)12(15)10-8-6-7-9-11(10)14/h6-9,12H,4-5,15H2,1-3H3. The molecule has 0 heterocycles. The van der Waals surface area contributed by atoms with Gasteiger partial charge in [-0.1, -0.05) is 43.6 Å². The molecule has 0 radical (unpaired) electrons. The lowest BCUT2D eigenvalue weighted by molar-refractivity contribution is -0.0385. The van der Waals surface area contributed by atoms with Crippen LogP contribution in [0.15, 0.2) is 24.3 Å². The van der Waals surface area contributed by atoms with Crippen LogP contribution in [-0.4, -0.2) is 12.7 Å². The summed E-state index contributed by atoms with van der Waals surface area (Å²) in [4.78, 5) is 0. The summed E-state index contributed by atoms with van der Waals surface area (Å²) < 4.78 is 5.62. The Morgan fingerprint density at radius 3 is 2.31 bits per heavy atom. The first-order valence-corrected chi connectivity index (χ1v) is 6.04. The first-order chi connectivity index (χ1) is 7.61. The van der Waals surface area contributed by atoms with Crippen LogP contribution in [0, 0.1) is 0 Å². The Morgan fingerprint density at radius 1 is 1.31 bits per heavy atom. The zero-order valence-electron chi connectivity index (χ0n) is 10.2. The zero-order valence-corrected chi connectivity index (χ0v) is 10.9. The van der Waals surface area contributed by atoms with Crippen molar-refractivity contribution in [1.82, 2.24) is 0 Å². The SMILES string of the molecule is CCC(CC)(OC)C(N)c1ccccc1Cl. The van der Waals surface area contributed by atoms with E-state index < -0.39 is 0 Å². The van der Waals surface area contributed by atoms with Crippen LogP contribution in [0.1, 0.15) is 38.3 Å². The molecule has 90 valence electrons. The Morgan fingerprint density at radius 2 is 1.88 bits per heavy atom. The minimum atomic E-state index is -0.328. The molecule has 1 atom stereocenters. The summed E-state index contributed by atoms with van der Waals surface area (Å²) in [6.07, 6.45) is 1.73. The predicted octanol–water partition coefficient (Wildman–Crippen LogP) is 3.55. The third kappa shape index (κ3) is 2.40. The number of nitrogens with two attached hydrogens (primary N) is 1. The van der Waals surface area contributed by atoms with E-state index in [4.69, 9.17) is 22.1 Å². The lowest BCUT2D eigenvalue weighted by Crippen LogP contribution is -2.42. The van der Waals surface area contributed by atoms with Gasteiger partial charge < -0.3 is 10.5 Å². The van der Waals surface area contributed by atoms with Gasteiger partial charge in [-0.2, -0.15) is 0 Å². The van der Waals surface area contributed by atoms with Crippen LogP contribution in [0.25, 0.3) is 0 Å². The molecular weight excluding hydrogens is 222 g/mol. The molecule has 0 amide bonds. The highest BCUT2D eigenvalue weighted by Gasteiger charge is 2.35. The highest BCUT2D eigenvalue weighted by Crippen LogP contribution is 2.35. The smallest absolute Gasteiger partial charge is 0.0865 e. The molecule has 0 spiro atoms. The topological polar surface area (TPSA) is 35.2 Å². The van der Waals surface area contributed by atoms with Crippen molar-refractivity contribution < 1.29 is 4.74 Å². The van der Waals surface area contributed by atoms with Crippen LogP contribution >= 0.6 is 11.6 Å². The zero-order chi connectivity index (χ0) is 12.2. The van der Waals surface area contributed by atoms with Crippen molar-refractivity contribution >= 4 is 11.6 Å². The Bertz CT molecular complexity index is 328. The van der Waals surface area contributed by atoms with E-state index in [0.717, 1.165) is 18.4 Å². The maximum atomic E-state index is 6.30. The van der Waals surface area contributed by atoms with Gasteiger partial charge >= 0.3 is 0 Å². The lowest BCUT2D eigenvalue weighted by atomic mass is 9.84. The first-order valence-electron chi connectivity index (χ1n) is 5.66. The van der Waals surface area contributed by atoms with Crippen LogP contribution in [0.2, 0.25) is 5.02 Å². The number of rotatable bonds is 5. The van der Waals surface area contributed by atoms with E-state index in [1.54, 1.807) is 7.11 Å². The molecular formula is C13H20ClNO. The van der Waals surface area contributed by atoms with Gasteiger partial charge in [0.2, 0.25) is 0 Å². The lowest BCUT2D eigenvalue weighted by Gasteiger charge is -2.36. The minimum absolute atomic E-state index is 0.193. The molecule has 0 aromatic heterocycles. The monoisotopic (exact) mass is 241 g/mol. The van der Waals surface area contributed by atoms with E-state index >= 15 is 0 Å². The third-order valence-electron chi connectivity index (χ3n) is 3.41. The third-order valence-corrected chi connectivity index (χ3v) is 3.75. The van der Waals surface area contributed by atoms with Crippen LogP contribution in [0.4, 0.5) is 0 Å². The molecule has 0 saturated heterocycles. The fraction of sp³-hybridized carbons (Fsp3) is 0.538. The second kappa shape index (κ2) is 5.67. The van der Waals surface area contributed by atoms with Gasteiger partial charge in [0.15, 0.2) is 0 Å². The predicted molar refractivity (Wildman–Crippen MR) is 68.7 cm³/mol. The average molecular weight is 242 g/mol. The summed E-state index contributed by atoms with van der Waals surface area (Å²) in [6, 6.07) is 7.49. The highest BCUT2D eigenvalue weighted by atomic mass is 35.5. The molecule has 0 saturated carbocycles. The maximum absolute atomic E-state index is 6.30. The molecule has 1 aromatic carbocycles. The van der Waals surface area contributed by atoms with E-state index in [2.05, 4.69) is 13.8 Å². The molecule has 3 heteroatoms. The Hall–Kier alpha value is -0.570. The van der Waals surface area contributed by atoms with Gasteiger partial charge in [-0.3, -0.25) is 0 Å². The summed E-state index contributed by atoms with van der Waals surface area (Å²) in [5, 5.41) is 0.707. The molecule has 0 aliphatic carbocycles. The highest BCUT2D eigenvalue weighted by molar-refractivity contribution is 6.31. The van der Waals surface area contributed by atoms with Crippen LogP contribution < -0.4 is 5.73 Å². The number of hydrogen-bond acceptors (Lipinski definition) is 2. The molecule has 2 N–H and O–H groups in total. The second-order valence-corrected chi connectivity index (χ2v) is 4.38. The van der Waals surface area contributed by atoms with Gasteiger partial charge in [0.05, 0.1) is 11.6 Å². The van der Waals surface area contributed by atoms with Crippen molar-refractivity contribution in [3.05, 3.63) is 34.9 Å². The van der Waals surface area contributed by atoms with Crippen LogP contribution in [0.5, 0.6) is 0 Å². The van der Waals surface area contributed by atoms with Crippen molar-refractivity contribution in [3.8, 4) is 0 Å². The van der Waals surface area contributed by atoms with Crippen molar-refractivity contribution in [2.75, 3.05) is 7.11 Å². The van der Waals surface area contributed by atoms with Crippen molar-refractivity contribution in [1.29, 1.82) is 0 Å². The fourth-order valence-corrected chi connectivity index (χ4v) is 2.37. The van der Waals surface area contributed by atoms with E-state index in [9.17, 15) is 0 Å². The van der Waals surface area contributed by atoms with E-state index in [1.165, 1.54) is 0 Å². The summed E-state index contributed by atoms with van der Waals surface area (Å²) >= 11 is 6.16. The van der Waals surface area contributed by atoms with Crippen molar-refractivity contribution in [3.63, 3.8) is 0 Å². The van der Waals surface area contributed by atoms with E-state index in [0.29, 0.717) is 5.02 Å². The van der Waals surface area contributed by atoms with Gasteiger partial charge in [-0.25, -0.2) is 0 Å². The number of benzene rings is 1. The molecule has 1 aromatic rings. The fourth-order valence-electron chi connectivity index (χ4n) is 2.12. The van der Waals surface area contributed by atoms with Gasteiger partial charge in [-0.15, -0.1) is 0 Å². The average Bonchev–Trinajstić information content (AvgIpc) is 2.32. The van der Waals surface area contributed by atoms with Gasteiger partial charge in [0, 0.05) is 12.1 Å². The molecule has 0 fully saturated rings. The Kier molecular flexibility index (Phi) is 4.78. The summed E-state index contributed by atoms with van der Waals surface area (Å²) in [5.74, 6) is 0. The normalized spacial score (nSPS) is 13.8. The summed E-state index contributed by atoms with van der Waals surface area (Å²) in [6.45, 7) is 4.17. The molecule has 0 aliphatic rings. The minimum Gasteiger partial charge on any atom is -0.376 e. The van der Waals surface area contributed by atoms with Gasteiger partial charge in [-0.05, 0) is 24.5 Å². The number of hydrogen-bond donors (Lipinski definition) is 1. The van der Waals surface area contributed by atoms with Gasteiger partial charge in [0.25, 0.3) is 0 Å². The largest absolute Gasteiger partial charge is 0.376 e. The van der Waals surface area contributed by atoms with E-state index in [1.807, 2.05) is 24.3 Å². The van der Waals surface area contributed by atoms with Crippen molar-refractivity contribution in [2.24, 2.45) is 5.73 Å². The molecule has 2 nitrogen and oxygen atoms in total. The Balaban J connectivity index is 3.08. The quantitative estimate of drug-likeness (QED) is 0.856. The second-order valence-electron chi connectivity index (χ2n) is 3.98. The molecule has 16 heavy (non-hydrogen) atoms. The summed E-state index contributed by atoms with van der Waals surface area (Å²) in [7, 11) is 1.71. The number of halogens is 1. The molecule has 1 unspecified atom stereocenters. The maximum Gasteiger partial charge on any atom is 0.0865 e. The van der Waals surface area contributed by atoms with Crippen LogP contribution in [-0.2, 0) is 4.74 Å². The van der Waals surface area contributed by atoms with Gasteiger partial charge in [0.1, 0.15) is 0 Å². The number of ether oxygens (including phenoxy) is 1. The summed E-state index contributed by atoms with van der Waals surface area (Å²) in [5.41, 5.74) is 6.92. The first kappa shape index (κ1) is 13.5.